The van der Waals surface area contributed by atoms with E-state index in [1.807, 2.05) is 42.5 Å². The minimum absolute atomic E-state index is 0.0611. The molecule has 0 saturated carbocycles. The van der Waals surface area contributed by atoms with Gasteiger partial charge in [-0.05, 0) is 29.0 Å². The summed E-state index contributed by atoms with van der Waals surface area (Å²) < 4.78 is 45.6. The van der Waals surface area contributed by atoms with Crippen LogP contribution in [-0.2, 0) is 26.1 Å². The van der Waals surface area contributed by atoms with Crippen LogP contribution in [0.1, 0.15) is 16.1 Å². The predicted octanol–water partition coefficient (Wildman–Crippen LogP) is 5.47. The van der Waals surface area contributed by atoms with Crippen LogP contribution in [0, 0.1) is 0 Å². The summed E-state index contributed by atoms with van der Waals surface area (Å²) in [6.07, 6.45) is 0. The minimum Gasteiger partial charge on any atom is -0.465 e. The van der Waals surface area contributed by atoms with E-state index >= 15 is 0 Å². The van der Waals surface area contributed by atoms with E-state index in [1.54, 1.807) is 30.3 Å². The highest BCUT2D eigenvalue weighted by Gasteiger charge is 2.25. The van der Waals surface area contributed by atoms with Crippen LogP contribution in [0.15, 0.2) is 82.1 Å². The Morgan fingerprint density at radius 1 is 0.882 bits per heavy atom. The van der Waals surface area contributed by atoms with E-state index in [-0.39, 0.29) is 17.1 Å². The van der Waals surface area contributed by atoms with Crippen LogP contribution in [0.5, 0.6) is 0 Å². The quantitative estimate of drug-likeness (QED) is 0.327. The van der Waals surface area contributed by atoms with Crippen LogP contribution in [0.3, 0.4) is 0 Å². The molecule has 8 heteroatoms. The summed E-state index contributed by atoms with van der Waals surface area (Å²) in [5.74, 6) is -0.284. The van der Waals surface area contributed by atoms with E-state index in [0.717, 1.165) is 10.8 Å². The van der Waals surface area contributed by atoms with Crippen LogP contribution in [0.4, 0.5) is 5.69 Å². The second-order valence-corrected chi connectivity index (χ2v) is 9.47. The summed E-state index contributed by atoms with van der Waals surface area (Å²) in [5, 5.41) is 3.49. The maximum Gasteiger partial charge on any atom is 0.342 e. The Hall–Kier alpha value is -3.88. The Kier molecular flexibility index (Phi) is 5.47. The number of anilines is 1. The topological polar surface area (TPSA) is 94.8 Å². The summed E-state index contributed by atoms with van der Waals surface area (Å²) in [6, 6.07) is 21.4. The summed E-state index contributed by atoms with van der Waals surface area (Å²) in [7, 11) is -1.15. The third-order valence-corrected chi connectivity index (χ3v) is 7.07. The summed E-state index contributed by atoms with van der Waals surface area (Å²) in [6.45, 7) is 0.0611. The van der Waals surface area contributed by atoms with E-state index in [0.29, 0.717) is 33.2 Å². The van der Waals surface area contributed by atoms with Crippen molar-refractivity contribution in [3.63, 3.8) is 0 Å². The number of carbonyl (C=O) groups excluding carboxylic acids is 1. The average Bonchev–Trinajstić information content (AvgIpc) is 3.21. The van der Waals surface area contributed by atoms with Crippen molar-refractivity contribution < 1.29 is 27.1 Å². The van der Waals surface area contributed by atoms with Gasteiger partial charge < -0.3 is 13.9 Å². The van der Waals surface area contributed by atoms with Gasteiger partial charge in [-0.3, -0.25) is 4.72 Å². The first-order chi connectivity index (χ1) is 16.4. The molecular weight excluding hydrogens is 454 g/mol. The molecule has 1 heterocycles. The minimum atomic E-state index is -3.93. The number of methoxy groups -OCH3 is 2. The van der Waals surface area contributed by atoms with Crippen molar-refractivity contribution in [3.8, 4) is 0 Å². The van der Waals surface area contributed by atoms with Crippen molar-refractivity contribution in [2.75, 3.05) is 18.9 Å². The van der Waals surface area contributed by atoms with E-state index < -0.39 is 16.0 Å². The third kappa shape index (κ3) is 3.67. The maximum atomic E-state index is 13.4. The highest BCUT2D eigenvalue weighted by atomic mass is 32.2. The van der Waals surface area contributed by atoms with Crippen molar-refractivity contribution in [1.29, 1.82) is 0 Å². The molecule has 1 N–H and O–H groups in total. The molecule has 0 saturated heterocycles. The molecule has 0 aliphatic rings. The number of hydrogen-bond donors (Lipinski definition) is 1. The first-order valence-corrected chi connectivity index (χ1v) is 12.0. The molecule has 0 unspecified atom stereocenters. The number of ether oxygens (including phenoxy) is 2. The van der Waals surface area contributed by atoms with Crippen LogP contribution < -0.4 is 4.72 Å². The molecule has 5 aromatic rings. The molecule has 0 aliphatic carbocycles. The fourth-order valence-electron chi connectivity index (χ4n) is 4.15. The number of rotatable bonds is 6. The van der Waals surface area contributed by atoms with Gasteiger partial charge >= 0.3 is 5.97 Å². The van der Waals surface area contributed by atoms with Gasteiger partial charge in [0.15, 0.2) is 0 Å². The van der Waals surface area contributed by atoms with Gasteiger partial charge in [-0.25, -0.2) is 13.2 Å². The Morgan fingerprint density at radius 3 is 2.32 bits per heavy atom. The number of hydrogen-bond acceptors (Lipinski definition) is 6. The second-order valence-electron chi connectivity index (χ2n) is 7.79. The monoisotopic (exact) mass is 475 g/mol. The van der Waals surface area contributed by atoms with Crippen molar-refractivity contribution >= 4 is 54.2 Å². The lowest BCUT2D eigenvalue weighted by Crippen LogP contribution is -2.13. The molecule has 0 atom stereocenters. The van der Waals surface area contributed by atoms with E-state index in [9.17, 15) is 13.2 Å². The summed E-state index contributed by atoms with van der Waals surface area (Å²) in [4.78, 5) is 12.7. The van der Waals surface area contributed by atoms with Crippen LogP contribution in [-0.4, -0.2) is 28.6 Å². The third-order valence-electron chi connectivity index (χ3n) is 5.71. The molecule has 0 bridgehead atoms. The van der Waals surface area contributed by atoms with Gasteiger partial charge in [-0.1, -0.05) is 54.6 Å². The standard InChI is InChI=1S/C26H21NO6S/c1-31-15-23-24(26(28)32-2)21-14-22(19-9-5-6-10-20(19)25(21)33-23)27-34(29,30)18-12-11-16-7-3-4-8-17(16)13-18/h3-14,27H,15H2,1-2H3. The lowest BCUT2D eigenvalue weighted by Gasteiger charge is -2.12. The Labute approximate surface area is 195 Å². The number of fused-ring (bicyclic) bond motifs is 4. The normalized spacial score (nSPS) is 11.8. The van der Waals surface area contributed by atoms with Crippen LogP contribution >= 0.6 is 0 Å². The first-order valence-electron chi connectivity index (χ1n) is 10.5. The largest absolute Gasteiger partial charge is 0.465 e. The molecule has 7 nitrogen and oxygen atoms in total. The number of sulfonamides is 1. The number of benzene rings is 4. The van der Waals surface area contributed by atoms with Crippen molar-refractivity contribution in [2.45, 2.75) is 11.5 Å². The number of furan rings is 1. The molecule has 172 valence electrons. The molecule has 0 radical (unpaired) electrons. The van der Waals surface area contributed by atoms with Gasteiger partial charge in [0.05, 0.1) is 17.7 Å². The average molecular weight is 476 g/mol. The van der Waals surface area contributed by atoms with Crippen LogP contribution in [0.25, 0.3) is 32.5 Å². The Morgan fingerprint density at radius 2 is 1.59 bits per heavy atom. The summed E-state index contributed by atoms with van der Waals surface area (Å²) in [5.41, 5.74) is 0.985. The van der Waals surface area contributed by atoms with Gasteiger partial charge in [-0.15, -0.1) is 0 Å². The Balaban J connectivity index is 1.71. The van der Waals surface area contributed by atoms with Crippen LogP contribution in [0.2, 0.25) is 0 Å². The molecule has 0 fully saturated rings. The second kappa shape index (κ2) is 8.48. The van der Waals surface area contributed by atoms with Gasteiger partial charge in [0.1, 0.15) is 23.5 Å². The lowest BCUT2D eigenvalue weighted by atomic mass is 10.0. The SMILES string of the molecule is COCc1oc2c(cc(NS(=O)(=O)c3ccc4ccccc4c3)c3ccccc32)c1C(=O)OC. The highest BCUT2D eigenvalue weighted by Crippen LogP contribution is 2.38. The van der Waals surface area contributed by atoms with Crippen molar-refractivity contribution in [3.05, 3.63) is 84.1 Å². The molecular formula is C26H21NO6S. The van der Waals surface area contributed by atoms with Crippen molar-refractivity contribution in [1.82, 2.24) is 0 Å². The molecule has 1 aromatic heterocycles. The summed E-state index contributed by atoms with van der Waals surface area (Å²) >= 11 is 0. The van der Waals surface area contributed by atoms with Gasteiger partial charge in [-0.2, -0.15) is 0 Å². The maximum absolute atomic E-state index is 13.4. The number of carbonyl (C=O) groups is 1. The molecule has 4 aromatic carbocycles. The first kappa shape index (κ1) is 21.9. The predicted molar refractivity (Wildman–Crippen MR) is 131 cm³/mol. The molecule has 34 heavy (non-hydrogen) atoms. The van der Waals surface area contributed by atoms with Crippen molar-refractivity contribution in [2.24, 2.45) is 0 Å². The fraction of sp³-hybridized carbons (Fsp3) is 0.115. The number of esters is 1. The van der Waals surface area contributed by atoms with E-state index in [2.05, 4.69) is 4.72 Å². The fourth-order valence-corrected chi connectivity index (χ4v) is 5.26. The van der Waals surface area contributed by atoms with Gasteiger partial charge in [0.2, 0.25) is 0 Å². The zero-order valence-corrected chi connectivity index (χ0v) is 19.3. The Bertz CT molecular complexity index is 1670. The number of nitrogens with one attached hydrogen (secondary N) is 1. The zero-order valence-electron chi connectivity index (χ0n) is 18.5. The zero-order chi connectivity index (χ0) is 23.9. The molecule has 5 rings (SSSR count). The smallest absolute Gasteiger partial charge is 0.342 e. The van der Waals surface area contributed by atoms with E-state index in [1.165, 1.54) is 14.2 Å². The van der Waals surface area contributed by atoms with Gasteiger partial charge in [0.25, 0.3) is 10.0 Å². The molecule has 0 aliphatic heterocycles. The molecule has 0 amide bonds. The molecule has 0 spiro atoms. The van der Waals surface area contributed by atoms with E-state index in [4.69, 9.17) is 13.9 Å². The van der Waals surface area contributed by atoms with Gasteiger partial charge in [0, 0.05) is 23.3 Å². The highest BCUT2D eigenvalue weighted by molar-refractivity contribution is 7.92. The lowest BCUT2D eigenvalue weighted by molar-refractivity contribution is 0.0594.